The molecule has 0 aliphatic carbocycles. The zero-order valence-electron chi connectivity index (χ0n) is 9.56. The number of aromatic nitrogens is 3. The Hall–Kier alpha value is -1.58. The van der Waals surface area contributed by atoms with Gasteiger partial charge < -0.3 is 0 Å². The largest absolute Gasteiger partial charge is 0.217 e. The standard InChI is InChI=1S/C13H9Cl2N3/c1-8-2-4-9(5-3-8)10-6-13-16-11(14)7-12(15)18(13)17-10/h2-7H,1H3. The van der Waals surface area contributed by atoms with Crippen LogP contribution in [-0.4, -0.2) is 14.6 Å². The van der Waals surface area contributed by atoms with Crippen LogP contribution in [-0.2, 0) is 0 Å². The maximum Gasteiger partial charge on any atom is 0.159 e. The maximum absolute atomic E-state index is 6.06. The van der Waals surface area contributed by atoms with Crippen molar-refractivity contribution in [2.24, 2.45) is 0 Å². The minimum absolute atomic E-state index is 0.364. The molecular weight excluding hydrogens is 269 g/mol. The van der Waals surface area contributed by atoms with E-state index in [0.29, 0.717) is 16.0 Å². The van der Waals surface area contributed by atoms with Crippen molar-refractivity contribution in [3.63, 3.8) is 0 Å². The molecule has 0 saturated carbocycles. The maximum atomic E-state index is 6.06. The number of nitrogens with zero attached hydrogens (tertiary/aromatic N) is 3. The molecule has 3 aromatic rings. The first-order chi connectivity index (χ1) is 8.63. The Kier molecular flexibility index (Phi) is 2.73. The second-order valence-corrected chi connectivity index (χ2v) is 4.84. The van der Waals surface area contributed by atoms with E-state index in [4.69, 9.17) is 23.2 Å². The second kappa shape index (κ2) is 4.26. The van der Waals surface area contributed by atoms with Gasteiger partial charge in [0.1, 0.15) is 10.3 Å². The van der Waals surface area contributed by atoms with Crippen LogP contribution in [0.25, 0.3) is 16.9 Å². The Balaban J connectivity index is 2.19. The van der Waals surface area contributed by atoms with E-state index in [1.54, 1.807) is 10.6 Å². The van der Waals surface area contributed by atoms with Crippen molar-refractivity contribution in [2.75, 3.05) is 0 Å². The lowest BCUT2D eigenvalue weighted by molar-refractivity contribution is 0.944. The lowest BCUT2D eigenvalue weighted by Crippen LogP contribution is -1.92. The van der Waals surface area contributed by atoms with Gasteiger partial charge in [0.05, 0.1) is 5.69 Å². The molecule has 0 aliphatic heterocycles. The number of aryl methyl sites for hydroxylation is 1. The second-order valence-electron chi connectivity index (χ2n) is 4.07. The van der Waals surface area contributed by atoms with Gasteiger partial charge in [-0.05, 0) is 6.92 Å². The molecule has 0 fully saturated rings. The highest BCUT2D eigenvalue weighted by molar-refractivity contribution is 6.33. The van der Waals surface area contributed by atoms with Crippen molar-refractivity contribution in [1.82, 2.24) is 14.6 Å². The minimum atomic E-state index is 0.364. The van der Waals surface area contributed by atoms with Gasteiger partial charge in [0.15, 0.2) is 5.65 Å². The van der Waals surface area contributed by atoms with E-state index < -0.39 is 0 Å². The third-order valence-electron chi connectivity index (χ3n) is 2.70. The predicted octanol–water partition coefficient (Wildman–Crippen LogP) is 4.01. The molecule has 0 aliphatic rings. The van der Waals surface area contributed by atoms with Crippen molar-refractivity contribution >= 4 is 28.8 Å². The topological polar surface area (TPSA) is 30.2 Å². The fourth-order valence-corrected chi connectivity index (χ4v) is 2.25. The van der Waals surface area contributed by atoms with Crippen LogP contribution >= 0.6 is 23.2 Å². The van der Waals surface area contributed by atoms with E-state index in [-0.39, 0.29) is 0 Å². The molecule has 0 unspecified atom stereocenters. The first-order valence-electron chi connectivity index (χ1n) is 5.42. The van der Waals surface area contributed by atoms with Gasteiger partial charge in [0, 0.05) is 17.7 Å². The number of hydrogen-bond donors (Lipinski definition) is 0. The molecule has 3 rings (SSSR count). The summed E-state index contributed by atoms with van der Waals surface area (Å²) in [6, 6.07) is 11.6. The number of rotatable bonds is 1. The lowest BCUT2D eigenvalue weighted by atomic mass is 10.1. The fourth-order valence-electron chi connectivity index (χ4n) is 1.77. The summed E-state index contributed by atoms with van der Waals surface area (Å²) in [6.45, 7) is 2.05. The average Bonchev–Trinajstić information content (AvgIpc) is 2.74. The number of hydrogen-bond acceptors (Lipinski definition) is 2. The van der Waals surface area contributed by atoms with Crippen LogP contribution in [0.15, 0.2) is 36.4 Å². The van der Waals surface area contributed by atoms with Crippen molar-refractivity contribution in [2.45, 2.75) is 6.92 Å². The summed E-state index contributed by atoms with van der Waals surface area (Å²) in [5.74, 6) is 0. The fraction of sp³-hybridized carbons (Fsp3) is 0.0769. The van der Waals surface area contributed by atoms with Crippen LogP contribution in [0.3, 0.4) is 0 Å². The molecule has 5 heteroatoms. The van der Waals surface area contributed by atoms with Crippen LogP contribution in [0.1, 0.15) is 5.56 Å². The summed E-state index contributed by atoms with van der Waals surface area (Å²) in [4.78, 5) is 4.18. The van der Waals surface area contributed by atoms with E-state index in [1.165, 1.54) is 5.56 Å². The highest BCUT2D eigenvalue weighted by Gasteiger charge is 2.08. The van der Waals surface area contributed by atoms with Gasteiger partial charge in [-0.15, -0.1) is 0 Å². The monoisotopic (exact) mass is 277 g/mol. The van der Waals surface area contributed by atoms with Gasteiger partial charge in [0.2, 0.25) is 0 Å². The molecule has 3 nitrogen and oxygen atoms in total. The van der Waals surface area contributed by atoms with Crippen LogP contribution in [0.4, 0.5) is 0 Å². The number of halogens is 2. The highest BCUT2D eigenvalue weighted by Crippen LogP contribution is 2.23. The Morgan fingerprint density at radius 1 is 1.06 bits per heavy atom. The molecule has 0 atom stereocenters. The summed E-state index contributed by atoms with van der Waals surface area (Å²) in [6.07, 6.45) is 0. The summed E-state index contributed by atoms with van der Waals surface area (Å²) in [7, 11) is 0. The molecule has 0 saturated heterocycles. The van der Waals surface area contributed by atoms with Crippen molar-refractivity contribution in [1.29, 1.82) is 0 Å². The molecule has 0 spiro atoms. The third-order valence-corrected chi connectivity index (χ3v) is 3.16. The lowest BCUT2D eigenvalue weighted by Gasteiger charge is -1.97. The summed E-state index contributed by atoms with van der Waals surface area (Å²) in [5.41, 5.74) is 3.70. The van der Waals surface area contributed by atoms with Gasteiger partial charge in [-0.25, -0.2) is 9.50 Å². The van der Waals surface area contributed by atoms with Gasteiger partial charge in [-0.2, -0.15) is 5.10 Å². The molecule has 0 amide bonds. The first kappa shape index (κ1) is 11.5. The first-order valence-corrected chi connectivity index (χ1v) is 6.18. The third kappa shape index (κ3) is 1.96. The van der Waals surface area contributed by atoms with E-state index >= 15 is 0 Å². The minimum Gasteiger partial charge on any atom is -0.217 e. The smallest absolute Gasteiger partial charge is 0.159 e. The van der Waals surface area contributed by atoms with Crippen LogP contribution in [0.2, 0.25) is 10.3 Å². The van der Waals surface area contributed by atoms with E-state index in [0.717, 1.165) is 11.3 Å². The van der Waals surface area contributed by atoms with Gasteiger partial charge in [0.25, 0.3) is 0 Å². The molecular formula is C13H9Cl2N3. The van der Waals surface area contributed by atoms with Crippen LogP contribution in [0.5, 0.6) is 0 Å². The highest BCUT2D eigenvalue weighted by atomic mass is 35.5. The van der Waals surface area contributed by atoms with Crippen molar-refractivity contribution in [3.05, 3.63) is 52.3 Å². The molecule has 0 radical (unpaired) electrons. The molecule has 0 bridgehead atoms. The molecule has 18 heavy (non-hydrogen) atoms. The Morgan fingerprint density at radius 3 is 2.50 bits per heavy atom. The number of fused-ring (bicyclic) bond motifs is 1. The SMILES string of the molecule is Cc1ccc(-c2cc3nc(Cl)cc(Cl)n3n2)cc1. The summed E-state index contributed by atoms with van der Waals surface area (Å²) in [5, 5.41) is 5.23. The predicted molar refractivity (Wildman–Crippen MR) is 73.2 cm³/mol. The molecule has 1 aromatic carbocycles. The Morgan fingerprint density at radius 2 is 1.78 bits per heavy atom. The molecule has 2 aromatic heterocycles. The van der Waals surface area contributed by atoms with Crippen LogP contribution in [0, 0.1) is 6.92 Å². The average molecular weight is 278 g/mol. The van der Waals surface area contributed by atoms with E-state index in [2.05, 4.69) is 10.1 Å². The zero-order chi connectivity index (χ0) is 12.7. The molecule has 0 N–H and O–H groups in total. The van der Waals surface area contributed by atoms with Crippen LogP contribution < -0.4 is 0 Å². The van der Waals surface area contributed by atoms with E-state index in [1.807, 2.05) is 37.3 Å². The Bertz CT molecular complexity index is 717. The van der Waals surface area contributed by atoms with E-state index in [9.17, 15) is 0 Å². The molecule has 90 valence electrons. The quantitative estimate of drug-likeness (QED) is 0.629. The Labute approximate surface area is 114 Å². The van der Waals surface area contributed by atoms with Crippen molar-refractivity contribution < 1.29 is 0 Å². The van der Waals surface area contributed by atoms with Gasteiger partial charge >= 0.3 is 0 Å². The zero-order valence-corrected chi connectivity index (χ0v) is 11.1. The summed E-state index contributed by atoms with van der Waals surface area (Å²) < 4.78 is 1.57. The van der Waals surface area contributed by atoms with Crippen molar-refractivity contribution in [3.8, 4) is 11.3 Å². The van der Waals surface area contributed by atoms with Gasteiger partial charge in [-0.3, -0.25) is 0 Å². The molecule has 2 heterocycles. The summed E-state index contributed by atoms with van der Waals surface area (Å²) >= 11 is 11.9. The number of benzene rings is 1. The normalized spacial score (nSPS) is 11.1. The van der Waals surface area contributed by atoms with Gasteiger partial charge in [-0.1, -0.05) is 53.0 Å².